The van der Waals surface area contributed by atoms with Gasteiger partial charge in [0.2, 0.25) is 11.8 Å². The van der Waals surface area contributed by atoms with Gasteiger partial charge in [0.25, 0.3) is 0 Å². The Kier molecular flexibility index (Phi) is 5.45. The third-order valence-corrected chi connectivity index (χ3v) is 5.73. The van der Waals surface area contributed by atoms with Gasteiger partial charge in [-0.1, -0.05) is 44.2 Å². The number of rotatable bonds is 4. The Morgan fingerprint density at radius 3 is 2.44 bits per heavy atom. The molecule has 2 saturated heterocycles. The van der Waals surface area contributed by atoms with Crippen molar-refractivity contribution in [2.45, 2.75) is 57.9 Å². The molecule has 0 radical (unpaired) electrons. The zero-order valence-corrected chi connectivity index (χ0v) is 15.5. The molecule has 1 aromatic carbocycles. The molecule has 2 heterocycles. The number of carbonyl (C=O) groups excluding carboxylic acids is 2. The van der Waals surface area contributed by atoms with E-state index in [1.165, 1.54) is 5.56 Å². The molecule has 1 aromatic rings. The summed E-state index contributed by atoms with van der Waals surface area (Å²) >= 11 is 0. The number of nitrogens with zero attached hydrogens (tertiary/aromatic N) is 2. The summed E-state index contributed by atoms with van der Waals surface area (Å²) in [5, 5.41) is 0. The van der Waals surface area contributed by atoms with Gasteiger partial charge in [0.15, 0.2) is 0 Å². The summed E-state index contributed by atoms with van der Waals surface area (Å²) in [5.41, 5.74) is 1.10. The van der Waals surface area contributed by atoms with Crippen molar-refractivity contribution in [3.63, 3.8) is 0 Å². The van der Waals surface area contributed by atoms with E-state index in [1.807, 2.05) is 36.9 Å². The zero-order valence-electron chi connectivity index (χ0n) is 15.5. The van der Waals surface area contributed by atoms with Crippen LogP contribution in [0.1, 0.15) is 51.5 Å². The molecule has 0 bridgehead atoms. The molecule has 4 heteroatoms. The molecule has 1 unspecified atom stereocenters. The summed E-state index contributed by atoms with van der Waals surface area (Å²) in [4.78, 5) is 29.5. The van der Waals surface area contributed by atoms with Crippen LogP contribution in [0.2, 0.25) is 0 Å². The van der Waals surface area contributed by atoms with Crippen molar-refractivity contribution >= 4 is 11.8 Å². The molecule has 3 rings (SSSR count). The summed E-state index contributed by atoms with van der Waals surface area (Å²) in [6.45, 7) is 6.32. The second kappa shape index (κ2) is 7.59. The van der Waals surface area contributed by atoms with Gasteiger partial charge in [-0.25, -0.2) is 0 Å². The van der Waals surface area contributed by atoms with Crippen molar-refractivity contribution < 1.29 is 9.59 Å². The lowest BCUT2D eigenvalue weighted by molar-refractivity contribution is -0.144. The maximum atomic E-state index is 12.9. The van der Waals surface area contributed by atoms with Gasteiger partial charge >= 0.3 is 0 Å². The summed E-state index contributed by atoms with van der Waals surface area (Å²) < 4.78 is 0. The van der Waals surface area contributed by atoms with Crippen molar-refractivity contribution in [3.8, 4) is 0 Å². The first kappa shape index (κ1) is 18.0. The van der Waals surface area contributed by atoms with Crippen LogP contribution in [0, 0.1) is 5.92 Å². The van der Waals surface area contributed by atoms with E-state index >= 15 is 0 Å². The van der Waals surface area contributed by atoms with Gasteiger partial charge in [-0.05, 0) is 37.7 Å². The predicted molar refractivity (Wildman–Crippen MR) is 99.1 cm³/mol. The third-order valence-electron chi connectivity index (χ3n) is 5.73. The van der Waals surface area contributed by atoms with E-state index in [2.05, 4.69) is 17.0 Å². The minimum absolute atomic E-state index is 0.0267. The lowest BCUT2D eigenvalue weighted by Crippen LogP contribution is -2.58. The summed E-state index contributed by atoms with van der Waals surface area (Å²) in [6.07, 6.45) is 5.48. The van der Waals surface area contributed by atoms with Gasteiger partial charge in [0, 0.05) is 32.0 Å². The van der Waals surface area contributed by atoms with E-state index in [4.69, 9.17) is 0 Å². The number of hydrogen-bond donors (Lipinski definition) is 0. The Morgan fingerprint density at radius 1 is 1.08 bits per heavy atom. The van der Waals surface area contributed by atoms with Crippen molar-refractivity contribution in [3.05, 3.63) is 35.9 Å². The lowest BCUT2D eigenvalue weighted by Gasteiger charge is -2.46. The van der Waals surface area contributed by atoms with Crippen LogP contribution in [0.25, 0.3) is 0 Å². The minimum Gasteiger partial charge on any atom is -0.340 e. The minimum atomic E-state index is -0.115. The molecule has 2 aliphatic heterocycles. The topological polar surface area (TPSA) is 40.6 Å². The summed E-state index contributed by atoms with van der Waals surface area (Å²) in [6, 6.07) is 10.2. The predicted octanol–water partition coefficient (Wildman–Crippen LogP) is 3.26. The molecule has 2 fully saturated rings. The Labute approximate surface area is 151 Å². The Bertz CT molecular complexity index is 614. The number of amides is 2. The summed E-state index contributed by atoms with van der Waals surface area (Å²) in [5.74, 6) is 0.502. The SMILES string of the molecule is CC(C)C(=O)N1CCCC2(CCCN2C(=O)CCc2ccccc2)C1. The Morgan fingerprint density at radius 2 is 1.76 bits per heavy atom. The molecule has 25 heavy (non-hydrogen) atoms. The Hall–Kier alpha value is -1.84. The highest BCUT2D eigenvalue weighted by Crippen LogP contribution is 2.38. The number of benzene rings is 1. The highest BCUT2D eigenvalue weighted by Gasteiger charge is 2.46. The highest BCUT2D eigenvalue weighted by atomic mass is 16.2. The number of piperidine rings is 1. The molecule has 136 valence electrons. The van der Waals surface area contributed by atoms with Crippen LogP contribution in [0.5, 0.6) is 0 Å². The van der Waals surface area contributed by atoms with Crippen molar-refractivity contribution in [1.82, 2.24) is 9.80 Å². The average Bonchev–Trinajstić information content (AvgIpc) is 3.02. The standard InChI is InChI=1S/C21H30N2O2/c1-17(2)20(25)22-14-6-12-21(16-22)13-7-15-23(21)19(24)11-10-18-8-4-3-5-9-18/h3-5,8-9,17H,6-7,10-16H2,1-2H3. The number of likely N-dealkylation sites (tertiary alicyclic amines) is 2. The van der Waals surface area contributed by atoms with Crippen molar-refractivity contribution in [2.75, 3.05) is 19.6 Å². The molecular formula is C21H30N2O2. The van der Waals surface area contributed by atoms with Crippen LogP contribution in [-0.2, 0) is 16.0 Å². The van der Waals surface area contributed by atoms with Crippen LogP contribution in [0.15, 0.2) is 30.3 Å². The second-order valence-corrected chi connectivity index (χ2v) is 7.88. The van der Waals surface area contributed by atoms with E-state index in [0.29, 0.717) is 6.42 Å². The fourth-order valence-corrected chi connectivity index (χ4v) is 4.45. The van der Waals surface area contributed by atoms with E-state index in [-0.39, 0.29) is 23.3 Å². The quantitative estimate of drug-likeness (QED) is 0.843. The molecule has 4 nitrogen and oxygen atoms in total. The second-order valence-electron chi connectivity index (χ2n) is 7.88. The van der Waals surface area contributed by atoms with Crippen LogP contribution in [-0.4, -0.2) is 46.8 Å². The van der Waals surface area contributed by atoms with Gasteiger partial charge in [-0.15, -0.1) is 0 Å². The summed E-state index contributed by atoms with van der Waals surface area (Å²) in [7, 11) is 0. The van der Waals surface area contributed by atoms with Gasteiger partial charge < -0.3 is 9.80 Å². The first-order valence-electron chi connectivity index (χ1n) is 9.65. The van der Waals surface area contributed by atoms with Gasteiger partial charge in [-0.2, -0.15) is 0 Å². The van der Waals surface area contributed by atoms with E-state index in [1.54, 1.807) is 0 Å². The normalized spacial score (nSPS) is 23.5. The van der Waals surface area contributed by atoms with Gasteiger partial charge in [-0.3, -0.25) is 9.59 Å². The third kappa shape index (κ3) is 3.88. The number of aryl methyl sites for hydroxylation is 1. The number of carbonyl (C=O) groups is 2. The average molecular weight is 342 g/mol. The maximum Gasteiger partial charge on any atom is 0.225 e. The van der Waals surface area contributed by atoms with Crippen LogP contribution < -0.4 is 0 Å². The highest BCUT2D eigenvalue weighted by molar-refractivity contribution is 5.80. The van der Waals surface area contributed by atoms with Crippen molar-refractivity contribution in [1.29, 1.82) is 0 Å². The molecular weight excluding hydrogens is 312 g/mol. The largest absolute Gasteiger partial charge is 0.340 e. The molecule has 2 amide bonds. The van der Waals surface area contributed by atoms with E-state index in [0.717, 1.165) is 51.7 Å². The number of hydrogen-bond acceptors (Lipinski definition) is 2. The molecule has 0 aromatic heterocycles. The first-order chi connectivity index (χ1) is 12.0. The van der Waals surface area contributed by atoms with Gasteiger partial charge in [0.1, 0.15) is 0 Å². The first-order valence-corrected chi connectivity index (χ1v) is 9.65. The van der Waals surface area contributed by atoms with Crippen LogP contribution in [0.3, 0.4) is 0 Å². The van der Waals surface area contributed by atoms with E-state index < -0.39 is 0 Å². The fourth-order valence-electron chi connectivity index (χ4n) is 4.45. The van der Waals surface area contributed by atoms with Crippen molar-refractivity contribution in [2.24, 2.45) is 5.92 Å². The smallest absolute Gasteiger partial charge is 0.225 e. The molecule has 1 spiro atoms. The zero-order chi connectivity index (χ0) is 17.9. The maximum absolute atomic E-state index is 12.9. The van der Waals surface area contributed by atoms with Gasteiger partial charge in [0.05, 0.1) is 5.54 Å². The molecule has 1 atom stereocenters. The molecule has 0 aliphatic carbocycles. The molecule has 2 aliphatic rings. The lowest BCUT2D eigenvalue weighted by atomic mass is 9.85. The monoisotopic (exact) mass is 342 g/mol. The molecule has 0 N–H and O–H groups in total. The van der Waals surface area contributed by atoms with Crippen LogP contribution >= 0.6 is 0 Å². The molecule has 0 saturated carbocycles. The Balaban J connectivity index is 1.66. The fraction of sp³-hybridized carbons (Fsp3) is 0.619. The van der Waals surface area contributed by atoms with E-state index in [9.17, 15) is 9.59 Å². The van der Waals surface area contributed by atoms with Crippen LogP contribution in [0.4, 0.5) is 0 Å².